The van der Waals surface area contributed by atoms with Gasteiger partial charge in [-0.25, -0.2) is 36.5 Å². The van der Waals surface area contributed by atoms with Crippen LogP contribution in [-0.2, 0) is 36.5 Å². The Labute approximate surface area is 686 Å². The molecule has 7 aliphatic carbocycles. The third-order valence-corrected chi connectivity index (χ3v) is 14.7. The first-order chi connectivity index (χ1) is 54.2. The molecule has 66 N–H and O–H groups in total. The van der Waals surface area contributed by atoms with Crippen molar-refractivity contribution in [2.24, 2.45) is 0 Å². The van der Waals surface area contributed by atoms with Crippen molar-refractivity contribution in [2.45, 2.75) is 256 Å². The summed E-state index contributed by atoms with van der Waals surface area (Å²) in [6.07, 6.45) is -68.9. The molecule has 0 atom stereocenters. The lowest BCUT2D eigenvalue weighted by Crippen LogP contribution is -2.63. The molecule has 760 valence electrons. The number of hydrogen-bond acceptors (Lipinski definition) is 50. The maximum atomic E-state index is 8.97. The summed E-state index contributed by atoms with van der Waals surface area (Å²) in [6, 6.07) is 0. The second-order valence-corrected chi connectivity index (χ2v) is 32.9. The lowest BCUT2D eigenvalue weighted by atomic mass is 9.85. The Bertz CT molecular complexity index is 2150. The van der Waals surface area contributed by atoms with Crippen molar-refractivity contribution in [1.29, 1.82) is 0 Å². The molecule has 0 aliphatic heterocycles. The van der Waals surface area contributed by atoms with Gasteiger partial charge in [0.1, 0.15) is 256 Å². The van der Waals surface area contributed by atoms with Crippen LogP contribution < -0.4 is 0 Å². The zero-order valence-electron chi connectivity index (χ0n) is 60.6. The lowest BCUT2D eigenvalue weighted by molar-refractivity contribution is -0.223. The van der Waals surface area contributed by atoms with Gasteiger partial charge in [-0.1, -0.05) is 0 Å². The van der Waals surface area contributed by atoms with Crippen LogP contribution >= 0.6 is 62.6 Å². The highest BCUT2D eigenvalue weighted by Gasteiger charge is 2.53. The van der Waals surface area contributed by atoms with Gasteiger partial charge in [-0.3, -0.25) is 0 Å². The normalized spacial score (nSPS) is 41.4. The van der Waals surface area contributed by atoms with Gasteiger partial charge in [0.25, 0.3) is 0 Å². The molecule has 0 unspecified atom stereocenters. The maximum Gasteiger partial charge on any atom is 0.466 e. The molecule has 0 amide bonds. The summed E-state index contributed by atoms with van der Waals surface area (Å²) < 4.78 is 71.1. The fourth-order valence-electron chi connectivity index (χ4n) is 8.48. The molecule has 0 heterocycles. The quantitative estimate of drug-likeness (QED) is 0.100. The van der Waals surface area contributed by atoms with Crippen LogP contribution in [0.2, 0.25) is 0 Å². The summed E-state index contributed by atoms with van der Waals surface area (Å²) >= 11 is 0. The van der Waals surface area contributed by atoms with E-state index in [2.05, 4.69) is 0 Å². The highest BCUT2D eigenvalue weighted by Crippen LogP contribution is 2.32. The zero-order chi connectivity index (χ0) is 102. The number of aliphatic hydroxyl groups is 42. The number of hydrogen-bond donors (Lipinski definition) is 66. The Morgan fingerprint density at radius 2 is 0.0806 bits per heavy atom. The van der Waals surface area contributed by atoms with E-state index in [0.717, 1.165) is 0 Å². The van der Waals surface area contributed by atoms with Crippen molar-refractivity contribution in [2.75, 3.05) is 0 Å². The molecule has 0 radical (unpaired) electrons. The topological polar surface area (TPSA) is 1470 Å². The minimum Gasteiger partial charge on any atom is -0.387 e. The van der Waals surface area contributed by atoms with E-state index in [-0.39, 0.29) is 0 Å². The summed E-state index contributed by atoms with van der Waals surface area (Å²) in [6.45, 7) is 0. The summed E-state index contributed by atoms with van der Waals surface area (Å²) in [5, 5.41) is 377. The van der Waals surface area contributed by atoms with Crippen LogP contribution in [0.15, 0.2) is 0 Å². The van der Waals surface area contributed by atoms with Crippen molar-refractivity contribution in [3.63, 3.8) is 0 Å². The van der Waals surface area contributed by atoms with E-state index in [1.54, 1.807) is 0 Å². The molecule has 7 fully saturated rings. The molecule has 124 heavy (non-hydrogen) atoms. The van der Waals surface area contributed by atoms with Crippen molar-refractivity contribution >= 4 is 62.6 Å². The molecule has 0 bridgehead atoms. The van der Waals surface area contributed by atoms with Gasteiger partial charge >= 0.3 is 62.6 Å². The smallest absolute Gasteiger partial charge is 0.387 e. The molecule has 0 saturated heterocycles. The number of phosphoric acid groups is 8. The highest BCUT2D eigenvalue weighted by atomic mass is 31.2. The van der Waals surface area contributed by atoms with Gasteiger partial charge in [0.05, 0.1) is 0 Å². The molecule has 0 aromatic rings. The largest absolute Gasteiger partial charge is 0.466 e. The van der Waals surface area contributed by atoms with Crippen LogP contribution in [0.4, 0.5) is 0 Å². The molecular weight excluding hydrogens is 1940 g/mol. The number of rotatable bonds is 0. The number of aliphatic hydroxyl groups excluding tert-OH is 42. The Balaban J connectivity index is -0.000000197. The molecule has 0 aromatic carbocycles. The fourth-order valence-corrected chi connectivity index (χ4v) is 8.48. The van der Waals surface area contributed by atoms with Crippen molar-refractivity contribution in [1.82, 2.24) is 0 Å². The van der Waals surface area contributed by atoms with Crippen LogP contribution in [0, 0.1) is 0 Å². The van der Waals surface area contributed by atoms with Crippen LogP contribution in [-0.4, -0.2) is 588 Å². The third kappa shape index (κ3) is 62.6. The van der Waals surface area contributed by atoms with E-state index in [9.17, 15) is 0 Å². The van der Waals surface area contributed by atoms with Crippen molar-refractivity contribution in [3.05, 3.63) is 0 Å². The Morgan fingerprint density at radius 3 is 0.0887 bits per heavy atom. The van der Waals surface area contributed by atoms with Gasteiger partial charge in [0.2, 0.25) is 0 Å². The monoisotopic (exact) mass is 2040 g/mol. The fraction of sp³-hybridized carbons (Fsp3) is 1.00. The predicted molar refractivity (Wildman–Crippen MR) is 366 cm³/mol. The molecule has 0 spiro atoms. The average molecular weight is 2050 g/mol. The van der Waals surface area contributed by atoms with Gasteiger partial charge in [-0.2, -0.15) is 0 Å². The highest BCUT2D eigenvalue weighted by molar-refractivity contribution is 7.46. The van der Waals surface area contributed by atoms with E-state index >= 15 is 0 Å². The minimum absolute atomic E-state index is 1.64. The van der Waals surface area contributed by atoms with Crippen LogP contribution in [0.1, 0.15) is 0 Å². The summed E-state index contributed by atoms with van der Waals surface area (Å²) in [4.78, 5) is 172. The third-order valence-electron chi connectivity index (χ3n) is 14.7. The van der Waals surface area contributed by atoms with Gasteiger partial charge in [-0.15, -0.1) is 0 Å². The van der Waals surface area contributed by atoms with Crippen molar-refractivity contribution in [3.8, 4) is 0 Å². The summed E-state index contributed by atoms with van der Waals surface area (Å²) in [5.41, 5.74) is 0. The van der Waals surface area contributed by atoms with Gasteiger partial charge < -0.3 is 332 Å². The summed E-state index contributed by atoms with van der Waals surface area (Å²) in [7, 11) is -37.1. The molecule has 7 saturated carbocycles. The zero-order valence-corrected chi connectivity index (χ0v) is 67.8. The molecular formula is C42H108O74P8. The van der Waals surface area contributed by atoms with E-state index in [1.165, 1.54) is 0 Å². The lowest BCUT2D eigenvalue weighted by Gasteiger charge is -2.39. The van der Waals surface area contributed by atoms with E-state index in [4.69, 9.17) is 368 Å². The minimum atomic E-state index is -4.64. The first-order valence-corrected chi connectivity index (χ1v) is 43.6. The van der Waals surface area contributed by atoms with Gasteiger partial charge in [0.15, 0.2) is 0 Å². The first kappa shape index (κ1) is 139. The Hall–Kier alpha value is -0.800. The molecule has 82 heteroatoms. The second kappa shape index (κ2) is 59.8. The van der Waals surface area contributed by atoms with E-state index in [1.807, 2.05) is 0 Å². The van der Waals surface area contributed by atoms with Crippen molar-refractivity contribution < 1.29 is 368 Å². The molecule has 0 aromatic heterocycles. The van der Waals surface area contributed by atoms with Crippen LogP contribution in [0.5, 0.6) is 0 Å². The predicted octanol–water partition coefficient (Wildman–Crippen LogP) is -34.3. The van der Waals surface area contributed by atoms with Crippen LogP contribution in [0.25, 0.3) is 0 Å². The molecule has 7 rings (SSSR count). The Kier molecular flexibility index (Phi) is 66.9. The second-order valence-electron chi connectivity index (χ2n) is 24.7. The average Bonchev–Trinajstić information content (AvgIpc) is 0.853. The van der Waals surface area contributed by atoms with Gasteiger partial charge in [0, 0.05) is 0 Å². The molecule has 74 nitrogen and oxygen atoms in total. The maximum absolute atomic E-state index is 8.97. The molecule has 7 aliphatic rings. The van der Waals surface area contributed by atoms with E-state index in [0.29, 0.717) is 0 Å². The standard InChI is InChI=1S/7C6H12O6.8H3O4P/c7*7-1-2(8)4(10)6(12)5(11)3(1)9;8*1-5(2,3)4/h7*1-12H;8*(H3,1,2,3,4)/t7*1-,2-,3-,4-,5+,6+;;;;;;;;/m0000000......../s1. The van der Waals surface area contributed by atoms with Gasteiger partial charge in [-0.05, 0) is 0 Å². The van der Waals surface area contributed by atoms with Crippen LogP contribution in [0.3, 0.4) is 0 Å². The summed E-state index contributed by atoms with van der Waals surface area (Å²) in [5.74, 6) is 0. The van der Waals surface area contributed by atoms with E-state index < -0.39 is 319 Å². The Morgan fingerprint density at radius 1 is 0.0726 bits per heavy atom. The SMILES string of the molecule is O=P(O)(O)O.O=P(O)(O)O.O=P(O)(O)O.O=P(O)(O)O.O=P(O)(O)O.O=P(O)(O)O.O=P(O)(O)O.O=P(O)(O)O.O[C@H]1[C@H](O)[C@H](O)[C@@H](O)[C@H](O)[C@H]1O.O[C@H]1[C@H](O)[C@H](O)[C@@H](O)[C@H](O)[C@H]1O.O[C@H]1[C@H](O)[C@H](O)[C@@H](O)[C@H](O)[C@H]1O.O[C@H]1[C@H](O)[C@H](O)[C@@H](O)[C@H](O)[C@H]1O.O[C@H]1[C@H](O)[C@H](O)[C@@H](O)[C@H](O)[C@H]1O.O[C@H]1[C@H](O)[C@H](O)[C@@H](O)[C@H](O)[C@H]1O.O[C@H]1[C@H](O)[C@H](O)[C@@H](O)[C@H](O)[C@H]1O. The first-order valence-electron chi connectivity index (χ1n) is 31.1.